The van der Waals surface area contributed by atoms with E-state index < -0.39 is 0 Å². The van der Waals surface area contributed by atoms with Gasteiger partial charge < -0.3 is 10.5 Å². The fourth-order valence-corrected chi connectivity index (χ4v) is 2.25. The van der Waals surface area contributed by atoms with Crippen molar-refractivity contribution >= 4 is 5.65 Å². The van der Waals surface area contributed by atoms with Gasteiger partial charge in [-0.25, -0.2) is 4.98 Å². The summed E-state index contributed by atoms with van der Waals surface area (Å²) in [6.07, 6.45) is 6.67. The van der Waals surface area contributed by atoms with Gasteiger partial charge in [0.05, 0.1) is 0 Å². The van der Waals surface area contributed by atoms with E-state index in [4.69, 9.17) is 10.5 Å². The summed E-state index contributed by atoms with van der Waals surface area (Å²) < 4.78 is 7.72. The van der Waals surface area contributed by atoms with Crippen LogP contribution in [0.3, 0.4) is 0 Å². The molecule has 2 N–H and O–H groups in total. The van der Waals surface area contributed by atoms with E-state index in [1.807, 2.05) is 17.5 Å². The Kier molecular flexibility index (Phi) is 2.44. The van der Waals surface area contributed by atoms with E-state index in [-0.39, 0.29) is 12.1 Å². The summed E-state index contributed by atoms with van der Waals surface area (Å²) in [6, 6.07) is 0.0982. The first kappa shape index (κ1) is 10.5. The Morgan fingerprint density at radius 2 is 2.29 bits per heavy atom. The highest BCUT2D eigenvalue weighted by Crippen LogP contribution is 2.24. The summed E-state index contributed by atoms with van der Waals surface area (Å²) in [5.41, 5.74) is 6.64. The maximum Gasteiger partial charge on any atom is 0.260 e. The average molecular weight is 233 g/mol. The molecule has 1 saturated carbocycles. The number of rotatable bonds is 2. The minimum atomic E-state index is 0.0470. The Bertz CT molecular complexity index is 538. The molecular formula is C11H15N5O. The van der Waals surface area contributed by atoms with E-state index in [0.717, 1.165) is 25.1 Å². The number of aryl methyl sites for hydroxylation is 1. The van der Waals surface area contributed by atoms with Gasteiger partial charge in [-0.3, -0.25) is 4.40 Å². The molecule has 90 valence electrons. The minimum Gasteiger partial charge on any atom is -0.470 e. The lowest BCUT2D eigenvalue weighted by atomic mass is 10.2. The van der Waals surface area contributed by atoms with Gasteiger partial charge in [-0.05, 0) is 26.2 Å². The molecule has 0 saturated heterocycles. The summed E-state index contributed by atoms with van der Waals surface area (Å²) in [4.78, 5) is 4.22. The Morgan fingerprint density at radius 1 is 1.41 bits per heavy atom. The Labute approximate surface area is 98.8 Å². The number of hydrogen-bond donors (Lipinski definition) is 1. The maximum atomic E-state index is 5.98. The zero-order valence-corrected chi connectivity index (χ0v) is 9.71. The minimum absolute atomic E-state index is 0.0470. The van der Waals surface area contributed by atoms with Crippen LogP contribution in [-0.2, 0) is 0 Å². The molecule has 1 fully saturated rings. The second-order valence-corrected chi connectivity index (χ2v) is 4.42. The van der Waals surface area contributed by atoms with E-state index in [1.54, 1.807) is 6.20 Å². The van der Waals surface area contributed by atoms with Crippen molar-refractivity contribution in [3.05, 3.63) is 18.2 Å². The lowest BCUT2D eigenvalue weighted by molar-refractivity contribution is 0.185. The quantitative estimate of drug-likeness (QED) is 0.825. The van der Waals surface area contributed by atoms with Crippen molar-refractivity contribution in [2.24, 2.45) is 5.73 Å². The van der Waals surface area contributed by atoms with Crippen molar-refractivity contribution in [2.45, 2.75) is 38.3 Å². The van der Waals surface area contributed by atoms with E-state index in [1.165, 1.54) is 0 Å². The normalized spacial score (nSPS) is 24.4. The van der Waals surface area contributed by atoms with E-state index >= 15 is 0 Å². The third-order valence-electron chi connectivity index (χ3n) is 3.23. The standard InChI is InChI=1S/C11H15N5O/c1-7-14-15-10-11(13-5-6-16(7)10)17-9-4-2-3-8(9)12/h5-6,8-9H,2-4,12H2,1H3. The molecule has 6 heteroatoms. The molecule has 0 spiro atoms. The van der Waals surface area contributed by atoms with Gasteiger partial charge in [0, 0.05) is 18.4 Å². The Morgan fingerprint density at radius 3 is 3.06 bits per heavy atom. The summed E-state index contributed by atoms with van der Waals surface area (Å²) in [6.45, 7) is 1.89. The predicted molar refractivity (Wildman–Crippen MR) is 61.8 cm³/mol. The van der Waals surface area contributed by atoms with Gasteiger partial charge in [0.1, 0.15) is 11.9 Å². The largest absolute Gasteiger partial charge is 0.470 e. The maximum absolute atomic E-state index is 5.98. The number of aromatic nitrogens is 4. The molecule has 2 aromatic rings. The fraction of sp³-hybridized carbons (Fsp3) is 0.545. The highest BCUT2D eigenvalue weighted by Gasteiger charge is 2.27. The third-order valence-corrected chi connectivity index (χ3v) is 3.23. The first-order valence-electron chi connectivity index (χ1n) is 5.84. The molecule has 1 aliphatic carbocycles. The molecule has 3 rings (SSSR count). The van der Waals surface area contributed by atoms with Crippen molar-refractivity contribution in [2.75, 3.05) is 0 Å². The Balaban J connectivity index is 1.94. The highest BCUT2D eigenvalue weighted by molar-refractivity contribution is 5.48. The van der Waals surface area contributed by atoms with Crippen molar-refractivity contribution in [3.8, 4) is 5.88 Å². The lowest BCUT2D eigenvalue weighted by Gasteiger charge is -2.16. The van der Waals surface area contributed by atoms with Gasteiger partial charge in [-0.1, -0.05) is 0 Å². The molecule has 0 radical (unpaired) electrons. The van der Waals surface area contributed by atoms with Crippen molar-refractivity contribution < 1.29 is 4.74 Å². The van der Waals surface area contributed by atoms with Gasteiger partial charge >= 0.3 is 0 Å². The van der Waals surface area contributed by atoms with E-state index in [2.05, 4.69) is 15.2 Å². The molecule has 1 aliphatic rings. The SMILES string of the molecule is Cc1nnc2c(OC3CCCC3N)nccn12. The summed E-state index contributed by atoms with van der Waals surface area (Å²) in [5.74, 6) is 1.35. The molecule has 2 aromatic heterocycles. The highest BCUT2D eigenvalue weighted by atomic mass is 16.5. The van der Waals surface area contributed by atoms with Crippen molar-refractivity contribution in [1.29, 1.82) is 0 Å². The molecule has 2 atom stereocenters. The van der Waals surface area contributed by atoms with Gasteiger partial charge in [0.2, 0.25) is 5.65 Å². The number of ether oxygens (including phenoxy) is 1. The molecule has 2 heterocycles. The second kappa shape index (κ2) is 3.96. The summed E-state index contributed by atoms with van der Waals surface area (Å²) in [7, 11) is 0. The molecular weight excluding hydrogens is 218 g/mol. The van der Waals surface area contributed by atoms with Crippen molar-refractivity contribution in [3.63, 3.8) is 0 Å². The van der Waals surface area contributed by atoms with Crippen LogP contribution in [0.2, 0.25) is 0 Å². The lowest BCUT2D eigenvalue weighted by Crippen LogP contribution is -2.33. The smallest absolute Gasteiger partial charge is 0.260 e. The number of nitrogens with two attached hydrogens (primary N) is 1. The zero-order valence-electron chi connectivity index (χ0n) is 9.71. The fourth-order valence-electron chi connectivity index (χ4n) is 2.25. The number of fused-ring (bicyclic) bond motifs is 1. The third kappa shape index (κ3) is 1.74. The van der Waals surface area contributed by atoms with Crippen LogP contribution in [0.4, 0.5) is 0 Å². The predicted octanol–water partition coefficient (Wildman–Crippen LogP) is 0.691. The van der Waals surface area contributed by atoms with Crippen LogP contribution in [0, 0.1) is 6.92 Å². The van der Waals surface area contributed by atoms with E-state index in [9.17, 15) is 0 Å². The second-order valence-electron chi connectivity index (χ2n) is 4.42. The van der Waals surface area contributed by atoms with Crippen LogP contribution < -0.4 is 10.5 Å². The summed E-state index contributed by atoms with van der Waals surface area (Å²) >= 11 is 0. The van der Waals surface area contributed by atoms with Gasteiger partial charge in [0.25, 0.3) is 5.88 Å². The van der Waals surface area contributed by atoms with Crippen LogP contribution in [0.15, 0.2) is 12.4 Å². The van der Waals surface area contributed by atoms with Gasteiger partial charge in [-0.2, -0.15) is 0 Å². The van der Waals surface area contributed by atoms with Crippen LogP contribution in [0.1, 0.15) is 25.1 Å². The molecule has 17 heavy (non-hydrogen) atoms. The van der Waals surface area contributed by atoms with Crippen LogP contribution in [0.5, 0.6) is 5.88 Å². The monoisotopic (exact) mass is 233 g/mol. The molecule has 2 unspecified atom stereocenters. The first-order chi connectivity index (χ1) is 8.25. The molecule has 0 bridgehead atoms. The average Bonchev–Trinajstić information content (AvgIpc) is 2.89. The Hall–Kier alpha value is -1.69. The van der Waals surface area contributed by atoms with Crippen LogP contribution in [0.25, 0.3) is 5.65 Å². The van der Waals surface area contributed by atoms with E-state index in [0.29, 0.717) is 11.5 Å². The van der Waals surface area contributed by atoms with Crippen LogP contribution >= 0.6 is 0 Å². The topological polar surface area (TPSA) is 78.3 Å². The first-order valence-corrected chi connectivity index (χ1v) is 5.84. The van der Waals surface area contributed by atoms with Gasteiger partial charge in [-0.15, -0.1) is 10.2 Å². The summed E-state index contributed by atoms with van der Waals surface area (Å²) in [5, 5.41) is 8.08. The van der Waals surface area contributed by atoms with Gasteiger partial charge in [0.15, 0.2) is 0 Å². The molecule has 0 amide bonds. The van der Waals surface area contributed by atoms with Crippen molar-refractivity contribution in [1.82, 2.24) is 19.6 Å². The number of hydrogen-bond acceptors (Lipinski definition) is 5. The molecule has 0 aromatic carbocycles. The zero-order chi connectivity index (χ0) is 11.8. The number of nitrogens with zero attached hydrogens (tertiary/aromatic N) is 4. The molecule has 0 aliphatic heterocycles. The molecule has 6 nitrogen and oxygen atoms in total. The van der Waals surface area contributed by atoms with Crippen LogP contribution in [-0.4, -0.2) is 31.7 Å².